The number of rotatable bonds is 6. The number of thioether (sulfide) groups is 1. The SMILES string of the molecule is CCNCCCNC(=O)N1CCSCC1C(=O)O. The summed E-state index contributed by atoms with van der Waals surface area (Å²) in [5, 5.41) is 15.0. The zero-order chi connectivity index (χ0) is 13.4. The highest BCUT2D eigenvalue weighted by molar-refractivity contribution is 7.99. The molecule has 0 aliphatic carbocycles. The summed E-state index contributed by atoms with van der Waals surface area (Å²) in [6.45, 7) is 4.87. The largest absolute Gasteiger partial charge is 0.480 e. The number of nitrogens with one attached hydrogen (secondary N) is 2. The third kappa shape index (κ3) is 4.73. The summed E-state index contributed by atoms with van der Waals surface area (Å²) in [5.74, 6) is 0.347. The van der Waals surface area contributed by atoms with Gasteiger partial charge in [-0.05, 0) is 19.5 Å². The molecule has 0 spiro atoms. The lowest BCUT2D eigenvalue weighted by Crippen LogP contribution is -2.54. The molecule has 0 radical (unpaired) electrons. The molecular weight excluding hydrogens is 254 g/mol. The molecule has 104 valence electrons. The average molecular weight is 275 g/mol. The Hall–Kier alpha value is -0.950. The van der Waals surface area contributed by atoms with Crippen molar-refractivity contribution in [2.24, 2.45) is 0 Å². The summed E-state index contributed by atoms with van der Waals surface area (Å²) < 4.78 is 0. The summed E-state index contributed by atoms with van der Waals surface area (Å²) in [4.78, 5) is 24.3. The van der Waals surface area contributed by atoms with Crippen molar-refractivity contribution >= 4 is 23.8 Å². The number of amides is 2. The Kier molecular flexibility index (Phi) is 6.89. The summed E-state index contributed by atoms with van der Waals surface area (Å²) in [7, 11) is 0. The van der Waals surface area contributed by atoms with E-state index in [1.807, 2.05) is 6.92 Å². The number of carbonyl (C=O) groups is 2. The van der Waals surface area contributed by atoms with Crippen molar-refractivity contribution < 1.29 is 14.7 Å². The summed E-state index contributed by atoms with van der Waals surface area (Å²) >= 11 is 1.57. The lowest BCUT2D eigenvalue weighted by atomic mass is 10.3. The molecule has 1 heterocycles. The lowest BCUT2D eigenvalue weighted by molar-refractivity contribution is -0.141. The molecule has 0 aromatic rings. The number of carboxylic acids is 1. The van der Waals surface area contributed by atoms with Gasteiger partial charge in [-0.3, -0.25) is 0 Å². The maximum absolute atomic E-state index is 11.9. The van der Waals surface area contributed by atoms with Crippen LogP contribution in [0.15, 0.2) is 0 Å². The third-order valence-corrected chi connectivity index (χ3v) is 3.75. The van der Waals surface area contributed by atoms with E-state index in [4.69, 9.17) is 5.11 Å². The van der Waals surface area contributed by atoms with E-state index in [1.54, 1.807) is 11.8 Å². The fourth-order valence-corrected chi connectivity index (χ4v) is 2.78. The van der Waals surface area contributed by atoms with Gasteiger partial charge in [0, 0.05) is 24.6 Å². The Morgan fingerprint density at radius 2 is 2.22 bits per heavy atom. The molecule has 1 aliphatic heterocycles. The van der Waals surface area contributed by atoms with E-state index in [1.165, 1.54) is 4.90 Å². The number of nitrogens with zero attached hydrogens (tertiary/aromatic N) is 1. The van der Waals surface area contributed by atoms with E-state index in [9.17, 15) is 9.59 Å². The first kappa shape index (κ1) is 15.1. The minimum atomic E-state index is -0.926. The Balaban J connectivity index is 2.32. The van der Waals surface area contributed by atoms with Crippen molar-refractivity contribution in [1.82, 2.24) is 15.5 Å². The molecule has 1 atom stereocenters. The van der Waals surface area contributed by atoms with Crippen molar-refractivity contribution in [3.8, 4) is 0 Å². The van der Waals surface area contributed by atoms with Gasteiger partial charge in [-0.25, -0.2) is 9.59 Å². The summed E-state index contributed by atoms with van der Waals surface area (Å²) in [5.41, 5.74) is 0. The van der Waals surface area contributed by atoms with Gasteiger partial charge in [0.15, 0.2) is 0 Å². The van der Waals surface area contributed by atoms with Gasteiger partial charge in [-0.2, -0.15) is 11.8 Å². The first-order valence-corrected chi connectivity index (χ1v) is 7.38. The fraction of sp³-hybridized carbons (Fsp3) is 0.818. The average Bonchev–Trinajstić information content (AvgIpc) is 2.38. The first-order chi connectivity index (χ1) is 8.66. The molecule has 2 amide bonds. The molecule has 6 nitrogen and oxygen atoms in total. The van der Waals surface area contributed by atoms with Crippen molar-refractivity contribution in [2.75, 3.05) is 37.7 Å². The van der Waals surface area contributed by atoms with Crippen LogP contribution in [0.3, 0.4) is 0 Å². The predicted molar refractivity (Wildman–Crippen MR) is 72.0 cm³/mol. The van der Waals surface area contributed by atoms with Crippen LogP contribution in [0.4, 0.5) is 4.79 Å². The van der Waals surface area contributed by atoms with Crippen molar-refractivity contribution in [3.63, 3.8) is 0 Å². The molecular formula is C11H21N3O3S. The number of urea groups is 1. The first-order valence-electron chi connectivity index (χ1n) is 6.22. The van der Waals surface area contributed by atoms with E-state index in [0.717, 1.165) is 25.3 Å². The van der Waals surface area contributed by atoms with Gasteiger partial charge < -0.3 is 20.6 Å². The Bertz CT molecular complexity index is 289. The van der Waals surface area contributed by atoms with Crippen LogP contribution in [0.5, 0.6) is 0 Å². The van der Waals surface area contributed by atoms with Crippen LogP contribution < -0.4 is 10.6 Å². The van der Waals surface area contributed by atoms with Crippen LogP contribution in [0.2, 0.25) is 0 Å². The predicted octanol–water partition coefficient (Wildman–Crippen LogP) is 0.198. The van der Waals surface area contributed by atoms with Crippen LogP contribution in [0.1, 0.15) is 13.3 Å². The van der Waals surface area contributed by atoms with Crippen LogP contribution in [-0.2, 0) is 4.79 Å². The van der Waals surface area contributed by atoms with Gasteiger partial charge in [0.2, 0.25) is 0 Å². The Labute approximate surface area is 111 Å². The number of aliphatic carboxylic acids is 1. The number of carbonyl (C=O) groups excluding carboxylic acids is 1. The minimum Gasteiger partial charge on any atom is -0.480 e. The second-order valence-electron chi connectivity index (χ2n) is 4.06. The van der Waals surface area contributed by atoms with E-state index < -0.39 is 12.0 Å². The molecule has 1 saturated heterocycles. The normalized spacial score (nSPS) is 19.6. The highest BCUT2D eigenvalue weighted by atomic mass is 32.2. The molecule has 3 N–H and O–H groups in total. The van der Waals surface area contributed by atoms with Crippen LogP contribution in [-0.4, -0.2) is 65.7 Å². The maximum atomic E-state index is 11.9. The number of carboxylic acid groups (broad SMARTS) is 1. The van der Waals surface area contributed by atoms with E-state index >= 15 is 0 Å². The molecule has 0 aromatic heterocycles. The number of hydrogen-bond acceptors (Lipinski definition) is 4. The standard InChI is InChI=1S/C11H21N3O3S/c1-2-12-4-3-5-13-11(17)14-6-7-18-8-9(14)10(15)16/h9,12H,2-8H2,1H3,(H,13,17)(H,15,16). The maximum Gasteiger partial charge on any atom is 0.327 e. The van der Waals surface area contributed by atoms with Crippen molar-refractivity contribution in [2.45, 2.75) is 19.4 Å². The molecule has 0 aromatic carbocycles. The Morgan fingerprint density at radius 1 is 1.44 bits per heavy atom. The third-order valence-electron chi connectivity index (χ3n) is 2.73. The zero-order valence-electron chi connectivity index (χ0n) is 10.6. The van der Waals surface area contributed by atoms with Gasteiger partial charge in [0.25, 0.3) is 0 Å². The quantitative estimate of drug-likeness (QED) is 0.603. The molecule has 1 fully saturated rings. The van der Waals surface area contributed by atoms with Crippen molar-refractivity contribution in [3.05, 3.63) is 0 Å². The lowest BCUT2D eigenvalue weighted by Gasteiger charge is -2.32. The van der Waals surface area contributed by atoms with Gasteiger partial charge in [-0.1, -0.05) is 6.92 Å². The molecule has 0 saturated carbocycles. The Morgan fingerprint density at radius 3 is 2.89 bits per heavy atom. The molecule has 18 heavy (non-hydrogen) atoms. The topological polar surface area (TPSA) is 81.7 Å². The summed E-state index contributed by atoms with van der Waals surface area (Å²) in [6, 6.07) is -0.961. The minimum absolute atomic E-state index is 0.265. The van der Waals surface area contributed by atoms with Crippen LogP contribution >= 0.6 is 11.8 Å². The van der Waals surface area contributed by atoms with Gasteiger partial charge in [0.05, 0.1) is 0 Å². The summed E-state index contributed by atoms with van der Waals surface area (Å²) in [6.07, 6.45) is 0.847. The monoisotopic (exact) mass is 275 g/mol. The number of hydrogen-bond donors (Lipinski definition) is 3. The molecule has 1 aliphatic rings. The highest BCUT2D eigenvalue weighted by Gasteiger charge is 2.32. The molecule has 1 unspecified atom stereocenters. The van der Waals surface area contributed by atoms with Crippen LogP contribution in [0.25, 0.3) is 0 Å². The molecule has 0 bridgehead atoms. The van der Waals surface area contributed by atoms with Crippen LogP contribution in [0, 0.1) is 0 Å². The van der Waals surface area contributed by atoms with E-state index in [2.05, 4.69) is 10.6 Å². The van der Waals surface area contributed by atoms with Gasteiger partial charge in [0.1, 0.15) is 6.04 Å². The van der Waals surface area contributed by atoms with Gasteiger partial charge >= 0.3 is 12.0 Å². The van der Waals surface area contributed by atoms with Gasteiger partial charge in [-0.15, -0.1) is 0 Å². The second kappa shape index (κ2) is 8.20. The highest BCUT2D eigenvalue weighted by Crippen LogP contribution is 2.16. The second-order valence-corrected chi connectivity index (χ2v) is 5.21. The van der Waals surface area contributed by atoms with Crippen molar-refractivity contribution in [1.29, 1.82) is 0 Å². The fourth-order valence-electron chi connectivity index (χ4n) is 1.74. The van der Waals surface area contributed by atoms with E-state index in [-0.39, 0.29) is 6.03 Å². The molecule has 7 heteroatoms. The smallest absolute Gasteiger partial charge is 0.327 e. The molecule has 1 rings (SSSR count). The van der Waals surface area contributed by atoms with E-state index in [0.29, 0.717) is 18.8 Å². The zero-order valence-corrected chi connectivity index (χ0v) is 11.5.